The van der Waals surface area contributed by atoms with Crippen molar-refractivity contribution in [1.82, 2.24) is 9.55 Å². The summed E-state index contributed by atoms with van der Waals surface area (Å²) in [5.74, 6) is -0.241. The van der Waals surface area contributed by atoms with E-state index in [1.165, 1.54) is 37.0 Å². The van der Waals surface area contributed by atoms with E-state index in [4.69, 9.17) is 4.98 Å². The van der Waals surface area contributed by atoms with Gasteiger partial charge in [-0.05, 0) is 57.1 Å². The molecule has 7 nitrogen and oxygen atoms in total. The molecule has 32 heavy (non-hydrogen) atoms. The highest BCUT2D eigenvalue weighted by Gasteiger charge is 2.44. The largest absolute Gasteiger partial charge is 0.478 e. The Labute approximate surface area is 190 Å². The Morgan fingerprint density at radius 1 is 1.22 bits per heavy atom. The zero-order valence-electron chi connectivity index (χ0n) is 18.6. The quantitative estimate of drug-likeness (QED) is 0.590. The molecule has 5 rings (SSSR count). The van der Waals surface area contributed by atoms with Gasteiger partial charge in [0.05, 0.1) is 17.1 Å². The molecule has 1 atom stereocenters. The van der Waals surface area contributed by atoms with Crippen molar-refractivity contribution in [3.05, 3.63) is 50.6 Å². The molecule has 2 fully saturated rings. The van der Waals surface area contributed by atoms with E-state index in [0.29, 0.717) is 15.8 Å². The van der Waals surface area contributed by atoms with Crippen LogP contribution in [0.1, 0.15) is 59.4 Å². The number of piperidine rings is 1. The van der Waals surface area contributed by atoms with Gasteiger partial charge in [-0.2, -0.15) is 0 Å². The van der Waals surface area contributed by atoms with E-state index in [-0.39, 0.29) is 17.2 Å². The molecule has 0 amide bonds. The number of carbonyl (C=O) groups is 1. The molecule has 1 saturated heterocycles. The Kier molecular flexibility index (Phi) is 5.00. The minimum Gasteiger partial charge on any atom is -0.478 e. The van der Waals surface area contributed by atoms with Gasteiger partial charge in [-0.25, -0.2) is 9.78 Å². The topological polar surface area (TPSA) is 87.5 Å². The first kappa shape index (κ1) is 21.0. The molecular weight excluding hydrogens is 424 g/mol. The molecule has 1 aromatic carbocycles. The van der Waals surface area contributed by atoms with Crippen molar-refractivity contribution in [2.45, 2.75) is 45.6 Å². The van der Waals surface area contributed by atoms with Gasteiger partial charge in [0, 0.05) is 36.3 Å². The summed E-state index contributed by atoms with van der Waals surface area (Å²) in [5.41, 5.74) is 3.00. The molecule has 2 aliphatic rings. The van der Waals surface area contributed by atoms with E-state index in [1.54, 1.807) is 22.8 Å². The lowest BCUT2D eigenvalue weighted by Crippen LogP contribution is -2.38. The number of hydrogen-bond donors (Lipinski definition) is 2. The zero-order chi connectivity index (χ0) is 22.6. The van der Waals surface area contributed by atoms with Crippen molar-refractivity contribution in [2.24, 2.45) is 12.5 Å². The lowest BCUT2D eigenvalue weighted by atomic mass is 9.94. The number of anilines is 2. The van der Waals surface area contributed by atoms with Crippen molar-refractivity contribution in [3.8, 4) is 0 Å². The second kappa shape index (κ2) is 7.62. The van der Waals surface area contributed by atoms with Crippen LogP contribution in [-0.2, 0) is 7.05 Å². The standard InChI is InChI=1S/C24H28N4O3S/c1-14(25-17-7-5-4-6-16(17)22(30)31)18-15(2)32-20-19(18)26-23(27(3)21(20)29)28-12-10-24(8-9-24)11-13-28/h4-7,14,25H,8-13H2,1-3H3,(H,30,31). The van der Waals surface area contributed by atoms with E-state index < -0.39 is 5.97 Å². The highest BCUT2D eigenvalue weighted by molar-refractivity contribution is 7.19. The number of benzene rings is 1. The average molecular weight is 453 g/mol. The van der Waals surface area contributed by atoms with Gasteiger partial charge in [0.15, 0.2) is 0 Å². The molecule has 0 radical (unpaired) electrons. The molecule has 3 aromatic rings. The highest BCUT2D eigenvalue weighted by Crippen LogP contribution is 2.53. The van der Waals surface area contributed by atoms with Crippen LogP contribution in [0.15, 0.2) is 29.1 Å². The van der Waals surface area contributed by atoms with Crippen LogP contribution in [0.3, 0.4) is 0 Å². The monoisotopic (exact) mass is 452 g/mol. The van der Waals surface area contributed by atoms with Crippen molar-refractivity contribution in [1.29, 1.82) is 0 Å². The van der Waals surface area contributed by atoms with Crippen LogP contribution in [0.25, 0.3) is 10.2 Å². The molecule has 2 N–H and O–H groups in total. The number of aromatic carboxylic acids is 1. The molecule has 1 aliphatic heterocycles. The molecule has 2 aromatic heterocycles. The van der Waals surface area contributed by atoms with Crippen LogP contribution in [0.5, 0.6) is 0 Å². The third-order valence-corrected chi connectivity index (χ3v) is 8.24. The lowest BCUT2D eigenvalue weighted by molar-refractivity contribution is 0.0698. The van der Waals surface area contributed by atoms with Crippen LogP contribution >= 0.6 is 11.3 Å². The highest BCUT2D eigenvalue weighted by atomic mass is 32.1. The number of fused-ring (bicyclic) bond motifs is 1. The predicted molar refractivity (Wildman–Crippen MR) is 128 cm³/mol. The molecular formula is C24H28N4O3S. The second-order valence-electron chi connectivity index (χ2n) is 9.23. The van der Waals surface area contributed by atoms with Gasteiger partial charge in [-0.3, -0.25) is 9.36 Å². The number of carboxylic acid groups (broad SMARTS) is 1. The second-order valence-corrected chi connectivity index (χ2v) is 10.5. The molecule has 3 heterocycles. The fourth-order valence-corrected chi connectivity index (χ4v) is 6.14. The first-order valence-corrected chi connectivity index (χ1v) is 12.0. The number of carboxylic acids is 1. The zero-order valence-corrected chi connectivity index (χ0v) is 19.5. The normalized spacial score (nSPS) is 18.2. The van der Waals surface area contributed by atoms with Gasteiger partial charge >= 0.3 is 5.97 Å². The molecule has 1 spiro atoms. The van der Waals surface area contributed by atoms with Crippen molar-refractivity contribution in [2.75, 3.05) is 23.3 Å². The number of aryl methyl sites for hydroxylation is 1. The molecule has 8 heteroatoms. The van der Waals surface area contributed by atoms with Gasteiger partial charge in [0.1, 0.15) is 4.70 Å². The summed E-state index contributed by atoms with van der Waals surface area (Å²) >= 11 is 1.46. The van der Waals surface area contributed by atoms with E-state index >= 15 is 0 Å². The summed E-state index contributed by atoms with van der Waals surface area (Å²) in [7, 11) is 1.81. The van der Waals surface area contributed by atoms with Gasteiger partial charge < -0.3 is 15.3 Å². The smallest absolute Gasteiger partial charge is 0.337 e. The van der Waals surface area contributed by atoms with Gasteiger partial charge in [-0.15, -0.1) is 11.3 Å². The van der Waals surface area contributed by atoms with Crippen LogP contribution in [0.2, 0.25) is 0 Å². The molecule has 1 aliphatic carbocycles. The van der Waals surface area contributed by atoms with Crippen LogP contribution < -0.4 is 15.8 Å². The van der Waals surface area contributed by atoms with Crippen molar-refractivity contribution >= 4 is 39.2 Å². The van der Waals surface area contributed by atoms with Crippen LogP contribution in [0.4, 0.5) is 11.6 Å². The fourth-order valence-electron chi connectivity index (χ4n) is 4.97. The Bertz CT molecular complexity index is 1260. The van der Waals surface area contributed by atoms with E-state index in [9.17, 15) is 14.7 Å². The van der Waals surface area contributed by atoms with Crippen molar-refractivity contribution < 1.29 is 9.90 Å². The Morgan fingerprint density at radius 2 is 1.91 bits per heavy atom. The van der Waals surface area contributed by atoms with Gasteiger partial charge in [-0.1, -0.05) is 12.1 Å². The Hall–Kier alpha value is -2.87. The van der Waals surface area contributed by atoms with E-state index in [1.807, 2.05) is 27.0 Å². The SMILES string of the molecule is Cc1sc2c(=O)n(C)c(N3CCC4(CC3)CC4)nc2c1C(C)Nc1ccccc1C(=O)O. The number of nitrogens with one attached hydrogen (secondary N) is 1. The number of rotatable bonds is 5. The average Bonchev–Trinajstić information content (AvgIpc) is 3.43. The number of thiophene rings is 1. The summed E-state index contributed by atoms with van der Waals surface area (Å²) in [4.78, 5) is 33.1. The molecule has 168 valence electrons. The van der Waals surface area contributed by atoms with E-state index in [0.717, 1.165) is 35.0 Å². The summed E-state index contributed by atoms with van der Waals surface area (Å²) in [6.45, 7) is 5.86. The first-order valence-electron chi connectivity index (χ1n) is 11.1. The van der Waals surface area contributed by atoms with Crippen LogP contribution in [-0.4, -0.2) is 33.7 Å². The summed E-state index contributed by atoms with van der Waals surface area (Å²) in [6.07, 6.45) is 5.00. The minimum atomic E-state index is -0.972. The fraction of sp³-hybridized carbons (Fsp3) is 0.458. The molecule has 0 bridgehead atoms. The number of nitrogens with zero attached hydrogens (tertiary/aromatic N) is 3. The Morgan fingerprint density at radius 3 is 2.56 bits per heavy atom. The maximum absolute atomic E-state index is 13.2. The maximum atomic E-state index is 13.2. The number of hydrogen-bond acceptors (Lipinski definition) is 6. The van der Waals surface area contributed by atoms with Crippen LogP contribution in [0, 0.1) is 12.3 Å². The lowest BCUT2D eigenvalue weighted by Gasteiger charge is -2.33. The third-order valence-electron chi connectivity index (χ3n) is 7.14. The summed E-state index contributed by atoms with van der Waals surface area (Å²) in [6, 6.07) is 6.68. The van der Waals surface area contributed by atoms with Gasteiger partial charge in [0.2, 0.25) is 5.95 Å². The number of para-hydroxylation sites is 1. The summed E-state index contributed by atoms with van der Waals surface area (Å²) in [5, 5.41) is 12.9. The van der Waals surface area contributed by atoms with Gasteiger partial charge in [0.25, 0.3) is 5.56 Å². The minimum absolute atomic E-state index is 0.0193. The van der Waals surface area contributed by atoms with E-state index in [2.05, 4.69) is 10.2 Å². The predicted octanol–water partition coefficient (Wildman–Crippen LogP) is 4.56. The molecule has 1 unspecified atom stereocenters. The van der Waals surface area contributed by atoms with Crippen molar-refractivity contribution in [3.63, 3.8) is 0 Å². The summed E-state index contributed by atoms with van der Waals surface area (Å²) < 4.78 is 2.34. The third kappa shape index (κ3) is 3.46. The Balaban J connectivity index is 1.53. The molecule has 1 saturated carbocycles. The number of aromatic nitrogens is 2. The first-order chi connectivity index (χ1) is 15.3. The maximum Gasteiger partial charge on any atom is 0.337 e.